The number of thioether (sulfide) groups is 1. The highest BCUT2D eigenvalue weighted by atomic mass is 32.2. The monoisotopic (exact) mass is 307 g/mol. The van der Waals surface area contributed by atoms with Gasteiger partial charge in [-0.25, -0.2) is 0 Å². The minimum atomic E-state index is 0.696. The van der Waals surface area contributed by atoms with Crippen LogP contribution in [0.3, 0.4) is 0 Å². The lowest BCUT2D eigenvalue weighted by molar-refractivity contribution is 0.720. The van der Waals surface area contributed by atoms with Gasteiger partial charge in [0.05, 0.1) is 5.71 Å². The molecule has 2 aromatic heterocycles. The van der Waals surface area contributed by atoms with Gasteiger partial charge in [-0.3, -0.25) is 4.98 Å². The molecule has 0 saturated carbocycles. The Morgan fingerprint density at radius 2 is 1.82 bits per heavy atom. The van der Waals surface area contributed by atoms with Gasteiger partial charge in [0.2, 0.25) is 5.16 Å². The van der Waals surface area contributed by atoms with E-state index >= 15 is 0 Å². The minimum Gasteiger partial charge on any atom is -0.265 e. The zero-order valence-electron chi connectivity index (χ0n) is 11.8. The van der Waals surface area contributed by atoms with Gasteiger partial charge in [-0.15, -0.1) is 10.2 Å². The average molecular weight is 307 g/mol. The lowest BCUT2D eigenvalue weighted by Gasteiger charge is -2.13. The number of benzene rings is 1. The summed E-state index contributed by atoms with van der Waals surface area (Å²) in [7, 11) is 0. The van der Waals surface area contributed by atoms with Crippen LogP contribution >= 0.6 is 11.8 Å². The van der Waals surface area contributed by atoms with Crippen LogP contribution in [0.2, 0.25) is 0 Å². The van der Waals surface area contributed by atoms with Crippen molar-refractivity contribution < 1.29 is 0 Å². The van der Waals surface area contributed by atoms with Gasteiger partial charge in [-0.05, 0) is 23.3 Å². The van der Waals surface area contributed by atoms with E-state index in [1.807, 2.05) is 35.0 Å². The highest BCUT2D eigenvalue weighted by Crippen LogP contribution is 2.24. The number of fused-ring (bicyclic) bond motifs is 1. The van der Waals surface area contributed by atoms with Crippen molar-refractivity contribution in [3.05, 3.63) is 71.8 Å². The maximum atomic E-state index is 4.74. The second kappa shape index (κ2) is 5.73. The molecule has 0 aliphatic carbocycles. The van der Waals surface area contributed by atoms with Gasteiger partial charge in [-0.1, -0.05) is 42.1 Å². The summed E-state index contributed by atoms with van der Waals surface area (Å²) in [6, 6.07) is 14.2. The molecular weight excluding hydrogens is 294 g/mol. The molecule has 0 bridgehead atoms. The Bertz CT molecular complexity index is 811. The molecule has 5 nitrogen and oxygen atoms in total. The normalized spacial score (nSPS) is 13.5. The zero-order chi connectivity index (χ0) is 14.8. The summed E-state index contributed by atoms with van der Waals surface area (Å²) in [5, 5.41) is 14.1. The molecule has 1 aliphatic rings. The zero-order valence-corrected chi connectivity index (χ0v) is 12.6. The van der Waals surface area contributed by atoms with Gasteiger partial charge in [0.1, 0.15) is 0 Å². The lowest BCUT2D eigenvalue weighted by Crippen LogP contribution is -2.14. The third kappa shape index (κ3) is 2.53. The molecule has 0 N–H and O–H groups in total. The van der Waals surface area contributed by atoms with E-state index in [1.54, 1.807) is 24.2 Å². The number of aromatic nitrogens is 4. The van der Waals surface area contributed by atoms with E-state index in [0.29, 0.717) is 6.42 Å². The van der Waals surface area contributed by atoms with Crippen molar-refractivity contribution in [2.75, 3.05) is 5.75 Å². The number of hydrogen-bond acceptors (Lipinski definition) is 5. The molecule has 0 amide bonds. The molecule has 0 fully saturated rings. The van der Waals surface area contributed by atoms with Gasteiger partial charge < -0.3 is 0 Å². The summed E-state index contributed by atoms with van der Waals surface area (Å²) >= 11 is 1.67. The molecule has 1 aromatic carbocycles. The van der Waals surface area contributed by atoms with Crippen LogP contribution in [-0.2, 0) is 6.42 Å². The Balaban J connectivity index is 1.69. The van der Waals surface area contributed by atoms with Crippen LogP contribution in [0.25, 0.3) is 0 Å². The number of pyridine rings is 1. The van der Waals surface area contributed by atoms with E-state index in [0.717, 1.165) is 33.6 Å². The predicted molar refractivity (Wildman–Crippen MR) is 86.2 cm³/mol. The van der Waals surface area contributed by atoms with Crippen LogP contribution in [0, 0.1) is 0 Å². The maximum absolute atomic E-state index is 4.74. The predicted octanol–water partition coefficient (Wildman–Crippen LogP) is 2.62. The Hall–Kier alpha value is -2.47. The van der Waals surface area contributed by atoms with Crippen LogP contribution in [0.4, 0.5) is 0 Å². The second-order valence-electron chi connectivity index (χ2n) is 4.94. The first kappa shape index (κ1) is 13.2. The Morgan fingerprint density at radius 3 is 2.64 bits per heavy atom. The first-order valence-corrected chi connectivity index (χ1v) is 7.98. The third-order valence-electron chi connectivity index (χ3n) is 3.45. The maximum Gasteiger partial charge on any atom is 0.212 e. The molecule has 1 aliphatic heterocycles. The van der Waals surface area contributed by atoms with Crippen LogP contribution < -0.4 is 0 Å². The topological polar surface area (TPSA) is 56.0 Å². The van der Waals surface area contributed by atoms with Gasteiger partial charge in [0.15, 0.2) is 5.82 Å². The highest BCUT2D eigenvalue weighted by Gasteiger charge is 2.19. The van der Waals surface area contributed by atoms with Crippen molar-refractivity contribution in [1.29, 1.82) is 0 Å². The number of rotatable bonds is 3. The summed E-state index contributed by atoms with van der Waals surface area (Å²) < 4.78 is 1.86. The summed E-state index contributed by atoms with van der Waals surface area (Å²) in [4.78, 5) is 4.04. The first-order chi connectivity index (χ1) is 10.9. The van der Waals surface area contributed by atoms with Gasteiger partial charge in [0.25, 0.3) is 0 Å². The van der Waals surface area contributed by atoms with Crippen molar-refractivity contribution in [3.63, 3.8) is 0 Å². The molecule has 0 spiro atoms. The molecule has 6 heteroatoms. The Labute approximate surface area is 132 Å². The fraction of sp³-hybridized carbons (Fsp3) is 0.125. The van der Waals surface area contributed by atoms with Gasteiger partial charge >= 0.3 is 0 Å². The molecular formula is C16H13N5S. The molecule has 3 aromatic rings. The minimum absolute atomic E-state index is 0.696. The molecule has 0 unspecified atom stereocenters. The summed E-state index contributed by atoms with van der Waals surface area (Å²) in [5.41, 5.74) is 3.34. The summed E-state index contributed by atoms with van der Waals surface area (Å²) in [5.74, 6) is 1.67. The summed E-state index contributed by atoms with van der Waals surface area (Å²) in [6.07, 6.45) is 4.27. The molecule has 0 radical (unpaired) electrons. The fourth-order valence-electron chi connectivity index (χ4n) is 2.33. The molecule has 22 heavy (non-hydrogen) atoms. The van der Waals surface area contributed by atoms with E-state index < -0.39 is 0 Å². The van der Waals surface area contributed by atoms with E-state index in [4.69, 9.17) is 5.10 Å². The average Bonchev–Trinajstić information content (AvgIpc) is 2.99. The van der Waals surface area contributed by atoms with Crippen LogP contribution in [0.1, 0.15) is 17.0 Å². The van der Waals surface area contributed by atoms with Crippen LogP contribution in [-0.4, -0.2) is 31.3 Å². The Kier molecular flexibility index (Phi) is 3.44. The van der Waals surface area contributed by atoms with E-state index in [1.165, 1.54) is 0 Å². The molecule has 108 valence electrons. The lowest BCUT2D eigenvalue weighted by atomic mass is 10.1. The van der Waals surface area contributed by atoms with Crippen molar-refractivity contribution >= 4 is 17.5 Å². The smallest absolute Gasteiger partial charge is 0.212 e. The molecule has 4 rings (SSSR count). The SMILES string of the molecule is c1ccc(C2=Nn3c(Cc4ccncc4)nnc3SC2)cc1. The van der Waals surface area contributed by atoms with Crippen molar-refractivity contribution in [2.45, 2.75) is 11.6 Å². The van der Waals surface area contributed by atoms with E-state index in [2.05, 4.69) is 27.3 Å². The second-order valence-corrected chi connectivity index (χ2v) is 5.89. The van der Waals surface area contributed by atoms with Crippen molar-refractivity contribution in [2.24, 2.45) is 5.10 Å². The van der Waals surface area contributed by atoms with Crippen LogP contribution in [0.5, 0.6) is 0 Å². The highest BCUT2D eigenvalue weighted by molar-refractivity contribution is 7.99. The number of hydrogen-bond donors (Lipinski definition) is 0. The number of nitrogens with zero attached hydrogens (tertiary/aromatic N) is 5. The summed E-state index contributed by atoms with van der Waals surface area (Å²) in [6.45, 7) is 0. The molecule has 3 heterocycles. The van der Waals surface area contributed by atoms with Gasteiger partial charge in [-0.2, -0.15) is 9.78 Å². The first-order valence-electron chi connectivity index (χ1n) is 6.99. The third-order valence-corrected chi connectivity index (χ3v) is 4.38. The quantitative estimate of drug-likeness (QED) is 0.746. The molecule has 0 saturated heterocycles. The largest absolute Gasteiger partial charge is 0.265 e. The molecule has 0 atom stereocenters. The van der Waals surface area contributed by atoms with Gasteiger partial charge in [0, 0.05) is 24.6 Å². The van der Waals surface area contributed by atoms with E-state index in [9.17, 15) is 0 Å². The van der Waals surface area contributed by atoms with Crippen LogP contribution in [0.15, 0.2) is 65.1 Å². The fourth-order valence-corrected chi connectivity index (χ4v) is 3.19. The van der Waals surface area contributed by atoms with Crippen molar-refractivity contribution in [3.8, 4) is 0 Å². The van der Waals surface area contributed by atoms with Crippen molar-refractivity contribution in [1.82, 2.24) is 19.9 Å². The standard InChI is InChI=1S/C16H13N5S/c1-2-4-13(5-3-1)14-11-22-16-19-18-15(21(16)20-14)10-12-6-8-17-9-7-12/h1-9H,10-11H2. The van der Waals surface area contributed by atoms with E-state index in [-0.39, 0.29) is 0 Å². The Morgan fingerprint density at radius 1 is 1.00 bits per heavy atom.